The van der Waals surface area contributed by atoms with E-state index in [1.807, 2.05) is 5.38 Å². The maximum atomic E-state index is 12.1. The Kier molecular flexibility index (Phi) is 9.57. The van der Waals surface area contributed by atoms with Crippen molar-refractivity contribution >= 4 is 45.7 Å². The fourth-order valence-electron chi connectivity index (χ4n) is 2.84. The van der Waals surface area contributed by atoms with Crippen LogP contribution < -0.4 is 5.14 Å². The zero-order valence-electron chi connectivity index (χ0n) is 16.5. The summed E-state index contributed by atoms with van der Waals surface area (Å²) in [5, 5.41) is 7.87. The van der Waals surface area contributed by atoms with Gasteiger partial charge in [0.05, 0.1) is 30.2 Å². The number of esters is 1. The van der Waals surface area contributed by atoms with Crippen LogP contribution in [0.4, 0.5) is 4.39 Å². The van der Waals surface area contributed by atoms with Crippen molar-refractivity contribution in [1.82, 2.24) is 9.88 Å². The maximum absolute atomic E-state index is 12.1. The van der Waals surface area contributed by atoms with E-state index in [1.165, 1.54) is 25.5 Å². The third-order valence-corrected chi connectivity index (χ3v) is 4.96. The van der Waals surface area contributed by atoms with E-state index in [0.29, 0.717) is 17.1 Å². The minimum absolute atomic E-state index is 0.265. The van der Waals surface area contributed by atoms with Gasteiger partial charge < -0.3 is 9.64 Å². The van der Waals surface area contributed by atoms with Gasteiger partial charge in [-0.05, 0) is 31.0 Å². The van der Waals surface area contributed by atoms with Gasteiger partial charge in [-0.1, -0.05) is 17.7 Å². The number of aromatic nitrogens is 1. The van der Waals surface area contributed by atoms with E-state index in [1.54, 1.807) is 29.7 Å². The smallest absolute Gasteiger partial charge is 0.337 e. The van der Waals surface area contributed by atoms with Crippen LogP contribution in [0.2, 0.25) is 5.02 Å². The number of ether oxygens (including phenoxy) is 1. The Balaban J connectivity index is 0.000000222. The summed E-state index contributed by atoms with van der Waals surface area (Å²) in [5.41, 5.74) is 1.75. The van der Waals surface area contributed by atoms with E-state index in [2.05, 4.69) is 20.0 Å². The SMILES string of the molecule is COC(=O)C1=C2CCCN2C(c2nccs2)=NC1.CS(N)=O.Fc1cccc(Cl)c1. The number of benzene rings is 1. The molecule has 2 aliphatic heterocycles. The molecule has 0 bridgehead atoms. The molecule has 0 radical (unpaired) electrons. The standard InChI is InChI=1S/C12H13N3O2S.C6H4ClF.CH5NOS/c1-17-12(16)8-7-14-10(11-13-4-6-18-11)15-5-2-3-9(8)15;7-5-2-1-3-6(8)4-5;1-4(2)3/h4,6H,2-3,5,7H2,1H3;1-4H;2H2,1H3. The largest absolute Gasteiger partial charge is 0.466 e. The molecule has 1 fully saturated rings. The van der Waals surface area contributed by atoms with Crippen LogP contribution in [0.3, 0.4) is 0 Å². The van der Waals surface area contributed by atoms with E-state index < -0.39 is 11.0 Å². The van der Waals surface area contributed by atoms with Crippen molar-refractivity contribution in [3.05, 3.63) is 63.0 Å². The number of methoxy groups -OCH3 is 1. The Labute approximate surface area is 186 Å². The lowest BCUT2D eigenvalue weighted by Crippen LogP contribution is -2.33. The van der Waals surface area contributed by atoms with Crippen LogP contribution >= 0.6 is 22.9 Å². The summed E-state index contributed by atoms with van der Waals surface area (Å²) >= 11 is 6.98. The number of allylic oxidation sites excluding steroid dienone is 1. The minimum Gasteiger partial charge on any atom is -0.466 e. The Morgan fingerprint density at radius 2 is 2.17 bits per heavy atom. The first-order valence-electron chi connectivity index (χ1n) is 8.84. The second kappa shape index (κ2) is 11.9. The second-order valence-corrected chi connectivity index (χ2v) is 8.42. The zero-order chi connectivity index (χ0) is 22.1. The zero-order valence-corrected chi connectivity index (χ0v) is 18.9. The normalized spacial score (nSPS) is 15.8. The van der Waals surface area contributed by atoms with Gasteiger partial charge in [-0.3, -0.25) is 10.1 Å². The molecule has 0 spiro atoms. The summed E-state index contributed by atoms with van der Waals surface area (Å²) in [7, 11) is 0.301. The van der Waals surface area contributed by atoms with Crippen LogP contribution in [-0.4, -0.2) is 52.4 Å². The van der Waals surface area contributed by atoms with Gasteiger partial charge in [0.25, 0.3) is 0 Å². The summed E-state index contributed by atoms with van der Waals surface area (Å²) in [5.74, 6) is 0.335. The highest BCUT2D eigenvalue weighted by atomic mass is 35.5. The topological polar surface area (TPSA) is 97.9 Å². The molecule has 0 amide bonds. The van der Waals surface area contributed by atoms with Crippen LogP contribution in [0.25, 0.3) is 0 Å². The molecule has 1 unspecified atom stereocenters. The Hall–Kier alpha value is -2.14. The summed E-state index contributed by atoms with van der Waals surface area (Å²) in [6.45, 7) is 1.29. The first-order valence-corrected chi connectivity index (χ1v) is 11.7. The van der Waals surface area contributed by atoms with E-state index in [0.717, 1.165) is 35.9 Å². The summed E-state index contributed by atoms with van der Waals surface area (Å²) in [6.07, 6.45) is 5.15. The molecule has 11 heteroatoms. The van der Waals surface area contributed by atoms with E-state index >= 15 is 0 Å². The first-order chi connectivity index (χ1) is 14.3. The van der Waals surface area contributed by atoms with Gasteiger partial charge in [0.1, 0.15) is 5.82 Å². The lowest BCUT2D eigenvalue weighted by molar-refractivity contribution is -0.136. The van der Waals surface area contributed by atoms with Gasteiger partial charge in [-0.2, -0.15) is 0 Å². The van der Waals surface area contributed by atoms with Crippen LogP contribution in [0.5, 0.6) is 0 Å². The maximum Gasteiger partial charge on any atom is 0.337 e. The van der Waals surface area contributed by atoms with Crippen LogP contribution in [-0.2, 0) is 20.5 Å². The Bertz CT molecular complexity index is 930. The number of thiazole rings is 1. The molecule has 1 atom stereocenters. The highest BCUT2D eigenvalue weighted by Gasteiger charge is 2.32. The average Bonchev–Trinajstić information content (AvgIpc) is 3.38. The molecule has 1 aromatic heterocycles. The van der Waals surface area contributed by atoms with Crippen molar-refractivity contribution in [3.8, 4) is 0 Å². The molecule has 30 heavy (non-hydrogen) atoms. The van der Waals surface area contributed by atoms with Gasteiger partial charge in [0, 0.05) is 35.1 Å². The number of carbonyl (C=O) groups is 1. The molecule has 162 valence electrons. The highest BCUT2D eigenvalue weighted by Crippen LogP contribution is 2.31. The molecular formula is C19H22ClFN4O3S2. The number of aliphatic imine (C=N–C) groups is 1. The molecule has 0 saturated carbocycles. The van der Waals surface area contributed by atoms with E-state index in [9.17, 15) is 13.4 Å². The molecule has 2 aromatic rings. The predicted octanol–water partition coefficient (Wildman–Crippen LogP) is 3.14. The van der Waals surface area contributed by atoms with E-state index in [-0.39, 0.29) is 11.8 Å². The lowest BCUT2D eigenvalue weighted by atomic mass is 10.1. The molecule has 1 saturated heterocycles. The average molecular weight is 473 g/mol. The van der Waals surface area contributed by atoms with Crippen molar-refractivity contribution in [2.24, 2.45) is 10.1 Å². The van der Waals surface area contributed by atoms with Crippen LogP contribution in [0, 0.1) is 5.82 Å². The lowest BCUT2D eigenvalue weighted by Gasteiger charge is -2.26. The Morgan fingerprint density at radius 1 is 1.43 bits per heavy atom. The number of carbonyl (C=O) groups excluding carboxylic acids is 1. The molecule has 0 aliphatic carbocycles. The first kappa shape index (κ1) is 24.1. The highest BCUT2D eigenvalue weighted by molar-refractivity contribution is 7.81. The number of nitrogens with zero attached hydrogens (tertiary/aromatic N) is 3. The van der Waals surface area contributed by atoms with Crippen molar-refractivity contribution in [2.75, 3.05) is 26.5 Å². The fourth-order valence-corrected chi connectivity index (χ4v) is 3.66. The van der Waals surface area contributed by atoms with Gasteiger partial charge in [-0.25, -0.2) is 18.4 Å². The summed E-state index contributed by atoms with van der Waals surface area (Å²) < 4.78 is 26.2. The van der Waals surface area contributed by atoms with Crippen molar-refractivity contribution in [2.45, 2.75) is 12.8 Å². The molecule has 2 aliphatic rings. The number of hydrogen-bond donors (Lipinski definition) is 1. The Morgan fingerprint density at radius 3 is 2.70 bits per heavy atom. The third-order valence-electron chi connectivity index (χ3n) is 3.95. The predicted molar refractivity (Wildman–Crippen MR) is 118 cm³/mol. The fraction of sp³-hybridized carbons (Fsp3) is 0.316. The van der Waals surface area contributed by atoms with Gasteiger partial charge >= 0.3 is 5.97 Å². The van der Waals surface area contributed by atoms with Gasteiger partial charge in [-0.15, -0.1) is 11.3 Å². The number of halogens is 2. The monoisotopic (exact) mass is 472 g/mol. The number of hydrogen-bond acceptors (Lipinski definition) is 7. The number of nitrogens with two attached hydrogens (primary N) is 1. The minimum atomic E-state index is -1.11. The molecule has 2 N–H and O–H groups in total. The third kappa shape index (κ3) is 6.98. The summed E-state index contributed by atoms with van der Waals surface area (Å²) in [4.78, 5) is 22.6. The summed E-state index contributed by atoms with van der Waals surface area (Å²) in [6, 6.07) is 5.82. The molecule has 7 nitrogen and oxygen atoms in total. The number of rotatable bonds is 2. The van der Waals surface area contributed by atoms with Crippen LogP contribution in [0.15, 0.2) is 52.1 Å². The molecule has 3 heterocycles. The molecular weight excluding hydrogens is 451 g/mol. The quantitative estimate of drug-likeness (QED) is 0.677. The van der Waals surface area contributed by atoms with Gasteiger partial charge in [0.2, 0.25) is 0 Å². The van der Waals surface area contributed by atoms with E-state index in [4.69, 9.17) is 16.3 Å². The molecule has 4 rings (SSSR count). The number of amidine groups is 1. The van der Waals surface area contributed by atoms with Gasteiger partial charge in [0.15, 0.2) is 10.8 Å². The number of fused-ring (bicyclic) bond motifs is 1. The molecule has 1 aromatic carbocycles. The van der Waals surface area contributed by atoms with Crippen molar-refractivity contribution in [3.63, 3.8) is 0 Å². The van der Waals surface area contributed by atoms with Crippen molar-refractivity contribution in [1.29, 1.82) is 0 Å². The van der Waals surface area contributed by atoms with Crippen LogP contribution in [0.1, 0.15) is 17.8 Å². The van der Waals surface area contributed by atoms with Crippen molar-refractivity contribution < 1.29 is 18.1 Å². The second-order valence-electron chi connectivity index (χ2n) is 6.09.